The molecule has 0 radical (unpaired) electrons. The number of carboxylic acids is 1. The fourth-order valence-corrected chi connectivity index (χ4v) is 1.69. The van der Waals surface area contributed by atoms with Crippen LogP contribution in [0.15, 0.2) is 0 Å². The Kier molecular flexibility index (Phi) is 6.53. The lowest BCUT2D eigenvalue weighted by Gasteiger charge is -2.31. The second kappa shape index (κ2) is 7.09. The summed E-state index contributed by atoms with van der Waals surface area (Å²) in [6, 6.07) is -0.0334. The van der Waals surface area contributed by atoms with Crippen LogP contribution < -0.4 is 0 Å². The molecule has 0 unspecified atom stereocenters. The molecule has 0 saturated heterocycles. The molecule has 2 amide bonds. The highest BCUT2D eigenvalue weighted by atomic mass is 16.4. The zero-order chi connectivity index (χ0) is 12.7. The van der Waals surface area contributed by atoms with Gasteiger partial charge in [0.25, 0.3) is 0 Å². The van der Waals surface area contributed by atoms with Gasteiger partial charge < -0.3 is 14.9 Å². The minimum Gasteiger partial charge on any atom is -0.480 e. The maximum atomic E-state index is 12.0. The van der Waals surface area contributed by atoms with Crippen molar-refractivity contribution < 1.29 is 14.7 Å². The molecule has 0 bridgehead atoms. The van der Waals surface area contributed by atoms with Crippen LogP contribution in [0.5, 0.6) is 0 Å². The number of carbonyl (C=O) groups excluding carboxylic acids is 1. The molecule has 5 heteroatoms. The Morgan fingerprint density at radius 2 is 1.69 bits per heavy atom. The first kappa shape index (κ1) is 14.7. The molecule has 0 aromatic heterocycles. The number of rotatable bonds is 6. The number of nitrogens with zero attached hydrogens (tertiary/aromatic N) is 2. The van der Waals surface area contributed by atoms with Gasteiger partial charge in [-0.2, -0.15) is 0 Å². The Morgan fingerprint density at radius 3 is 2.00 bits per heavy atom. The number of carbonyl (C=O) groups is 2. The van der Waals surface area contributed by atoms with E-state index in [2.05, 4.69) is 0 Å². The van der Waals surface area contributed by atoms with Gasteiger partial charge in [0.15, 0.2) is 0 Å². The minimum atomic E-state index is -0.979. The monoisotopic (exact) mass is 230 g/mol. The van der Waals surface area contributed by atoms with E-state index in [1.807, 2.05) is 13.8 Å². The van der Waals surface area contributed by atoms with Crippen LogP contribution in [-0.4, -0.2) is 53.1 Å². The van der Waals surface area contributed by atoms with Crippen LogP contribution in [0.2, 0.25) is 0 Å². The molecule has 16 heavy (non-hydrogen) atoms. The second-order valence-electron chi connectivity index (χ2n) is 3.77. The molecule has 5 nitrogen and oxygen atoms in total. The molecule has 0 saturated carbocycles. The first-order chi connectivity index (χ1) is 7.47. The number of carboxylic acid groups (broad SMARTS) is 1. The molecule has 0 rings (SSSR count). The maximum Gasteiger partial charge on any atom is 0.323 e. The van der Waals surface area contributed by atoms with Gasteiger partial charge in [0.05, 0.1) is 0 Å². The summed E-state index contributed by atoms with van der Waals surface area (Å²) in [6.07, 6.45) is 1.76. The molecule has 1 N–H and O–H groups in total. The van der Waals surface area contributed by atoms with E-state index < -0.39 is 5.97 Å². The molecule has 0 aromatic rings. The summed E-state index contributed by atoms with van der Waals surface area (Å²) >= 11 is 0. The second-order valence-corrected chi connectivity index (χ2v) is 3.77. The number of amides is 2. The summed E-state index contributed by atoms with van der Waals surface area (Å²) < 4.78 is 0. The summed E-state index contributed by atoms with van der Waals surface area (Å²) in [5.74, 6) is -0.979. The lowest BCUT2D eigenvalue weighted by Crippen LogP contribution is -2.47. The van der Waals surface area contributed by atoms with Crippen molar-refractivity contribution in [2.75, 3.05) is 20.1 Å². The minimum absolute atomic E-state index is 0.176. The van der Waals surface area contributed by atoms with Crippen LogP contribution >= 0.6 is 0 Å². The number of likely N-dealkylation sites (N-methyl/N-ethyl adjacent to an activating group) is 1. The average Bonchev–Trinajstić information content (AvgIpc) is 2.26. The van der Waals surface area contributed by atoms with Crippen molar-refractivity contribution in [3.8, 4) is 0 Å². The van der Waals surface area contributed by atoms with Crippen molar-refractivity contribution in [1.29, 1.82) is 0 Å². The van der Waals surface area contributed by atoms with Gasteiger partial charge in [-0.3, -0.25) is 4.79 Å². The topological polar surface area (TPSA) is 60.9 Å². The van der Waals surface area contributed by atoms with Crippen LogP contribution in [-0.2, 0) is 4.79 Å². The first-order valence-corrected chi connectivity index (χ1v) is 5.71. The molecule has 0 aliphatic heterocycles. The fourth-order valence-electron chi connectivity index (χ4n) is 1.69. The quantitative estimate of drug-likeness (QED) is 0.754. The average molecular weight is 230 g/mol. The van der Waals surface area contributed by atoms with Crippen molar-refractivity contribution >= 4 is 12.0 Å². The molecule has 94 valence electrons. The van der Waals surface area contributed by atoms with Gasteiger partial charge in [-0.1, -0.05) is 13.8 Å². The van der Waals surface area contributed by atoms with Crippen LogP contribution in [0.25, 0.3) is 0 Å². The molecule has 0 fully saturated rings. The summed E-state index contributed by atoms with van der Waals surface area (Å²) in [6.45, 7) is 5.99. The lowest BCUT2D eigenvalue weighted by atomic mass is 10.1. The van der Waals surface area contributed by atoms with Crippen LogP contribution in [0.3, 0.4) is 0 Å². The smallest absolute Gasteiger partial charge is 0.323 e. The lowest BCUT2D eigenvalue weighted by molar-refractivity contribution is -0.137. The molecular formula is C11H22N2O3. The summed E-state index contributed by atoms with van der Waals surface area (Å²) in [7, 11) is 1.73. The number of urea groups is 1. The third-order valence-electron chi connectivity index (χ3n) is 2.77. The highest BCUT2D eigenvalue weighted by Gasteiger charge is 2.22. The van der Waals surface area contributed by atoms with Crippen LogP contribution in [0.1, 0.15) is 33.6 Å². The molecule has 0 aliphatic rings. The SMILES string of the molecule is CCC(CC)N(C)C(=O)N(CC)CC(=O)O. The number of aliphatic carboxylic acids is 1. The van der Waals surface area contributed by atoms with E-state index in [0.717, 1.165) is 12.8 Å². The van der Waals surface area contributed by atoms with Crippen molar-refractivity contribution in [3.05, 3.63) is 0 Å². The van der Waals surface area contributed by atoms with E-state index in [0.29, 0.717) is 6.54 Å². The Bertz CT molecular complexity index is 239. The highest BCUT2D eigenvalue weighted by molar-refractivity contribution is 5.80. The van der Waals surface area contributed by atoms with Gasteiger partial charge >= 0.3 is 12.0 Å². The first-order valence-electron chi connectivity index (χ1n) is 5.71. The predicted octanol–water partition coefficient (Wildman–Crippen LogP) is 1.63. The van der Waals surface area contributed by atoms with E-state index in [1.165, 1.54) is 4.90 Å². The van der Waals surface area contributed by atoms with Gasteiger partial charge in [-0.25, -0.2) is 4.79 Å². The van der Waals surface area contributed by atoms with Gasteiger partial charge in [-0.05, 0) is 19.8 Å². The largest absolute Gasteiger partial charge is 0.480 e. The highest BCUT2D eigenvalue weighted by Crippen LogP contribution is 2.09. The molecule has 0 aliphatic carbocycles. The van der Waals surface area contributed by atoms with E-state index >= 15 is 0 Å². The Morgan fingerprint density at radius 1 is 1.19 bits per heavy atom. The Labute approximate surface area is 97.0 Å². The van der Waals surface area contributed by atoms with E-state index in [-0.39, 0.29) is 18.6 Å². The van der Waals surface area contributed by atoms with Crippen molar-refractivity contribution in [3.63, 3.8) is 0 Å². The van der Waals surface area contributed by atoms with E-state index in [1.54, 1.807) is 18.9 Å². The molecule has 0 aromatic carbocycles. The van der Waals surface area contributed by atoms with Gasteiger partial charge in [-0.15, -0.1) is 0 Å². The van der Waals surface area contributed by atoms with Crippen molar-refractivity contribution in [2.24, 2.45) is 0 Å². The molecule has 0 atom stereocenters. The maximum absolute atomic E-state index is 12.0. The zero-order valence-electron chi connectivity index (χ0n) is 10.6. The fraction of sp³-hybridized carbons (Fsp3) is 0.818. The Balaban J connectivity index is 4.54. The number of hydrogen-bond acceptors (Lipinski definition) is 2. The normalized spacial score (nSPS) is 10.3. The third-order valence-corrected chi connectivity index (χ3v) is 2.77. The van der Waals surface area contributed by atoms with Gasteiger partial charge in [0.2, 0.25) is 0 Å². The summed E-state index contributed by atoms with van der Waals surface area (Å²) in [5.41, 5.74) is 0. The van der Waals surface area contributed by atoms with Gasteiger partial charge in [0.1, 0.15) is 6.54 Å². The zero-order valence-corrected chi connectivity index (χ0v) is 10.6. The van der Waals surface area contributed by atoms with Crippen molar-refractivity contribution in [2.45, 2.75) is 39.7 Å². The van der Waals surface area contributed by atoms with Crippen LogP contribution in [0, 0.1) is 0 Å². The van der Waals surface area contributed by atoms with Crippen LogP contribution in [0.4, 0.5) is 4.79 Å². The molecule has 0 heterocycles. The van der Waals surface area contributed by atoms with E-state index in [4.69, 9.17) is 5.11 Å². The Hall–Kier alpha value is -1.26. The van der Waals surface area contributed by atoms with E-state index in [9.17, 15) is 9.59 Å². The standard InChI is InChI=1S/C11H22N2O3/c1-5-9(6-2)12(4)11(16)13(7-3)8-10(14)15/h9H,5-8H2,1-4H3,(H,14,15). The third kappa shape index (κ3) is 4.08. The summed E-state index contributed by atoms with van der Waals surface area (Å²) in [5, 5.41) is 8.69. The predicted molar refractivity (Wildman–Crippen MR) is 62.4 cm³/mol. The molecule has 0 spiro atoms. The summed E-state index contributed by atoms with van der Waals surface area (Å²) in [4.78, 5) is 25.5. The van der Waals surface area contributed by atoms with Crippen molar-refractivity contribution in [1.82, 2.24) is 9.80 Å². The number of hydrogen-bond donors (Lipinski definition) is 1. The molecular weight excluding hydrogens is 208 g/mol. The van der Waals surface area contributed by atoms with Gasteiger partial charge in [0, 0.05) is 19.6 Å².